The Kier molecular flexibility index (Phi) is 4.62. The van der Waals surface area contributed by atoms with Crippen LogP contribution in [-0.4, -0.2) is 19.6 Å². The van der Waals surface area contributed by atoms with Crippen LogP contribution in [0, 0.1) is 5.92 Å². The molecule has 2 heterocycles. The third-order valence-corrected chi connectivity index (χ3v) is 4.38. The van der Waals surface area contributed by atoms with Gasteiger partial charge in [0.1, 0.15) is 0 Å². The molecule has 1 aromatic rings. The van der Waals surface area contributed by atoms with Gasteiger partial charge in [0.05, 0.1) is 3.79 Å². The maximum atomic E-state index is 3.53. The molecule has 1 aromatic heterocycles. The number of thiophene rings is 1. The van der Waals surface area contributed by atoms with Crippen molar-refractivity contribution >= 4 is 27.3 Å². The number of piperidine rings is 1. The number of nitrogens with one attached hydrogen (secondary N) is 2. The van der Waals surface area contributed by atoms with Crippen LogP contribution in [0.1, 0.15) is 17.7 Å². The molecule has 0 saturated carbocycles. The summed E-state index contributed by atoms with van der Waals surface area (Å²) in [5.74, 6) is 0.821. The van der Waals surface area contributed by atoms with E-state index in [1.165, 1.54) is 34.6 Å². The van der Waals surface area contributed by atoms with Gasteiger partial charge in [-0.25, -0.2) is 0 Å². The minimum absolute atomic E-state index is 0.821. The fourth-order valence-corrected chi connectivity index (χ4v) is 3.40. The Hall–Kier alpha value is 0.1000. The first-order valence-corrected chi connectivity index (χ1v) is 7.11. The summed E-state index contributed by atoms with van der Waals surface area (Å²) < 4.78 is 1.22. The smallest absolute Gasteiger partial charge is 0.0701 e. The van der Waals surface area contributed by atoms with Gasteiger partial charge in [0.2, 0.25) is 0 Å². The van der Waals surface area contributed by atoms with Gasteiger partial charge in [0.15, 0.2) is 0 Å². The molecule has 1 fully saturated rings. The molecule has 84 valence electrons. The van der Waals surface area contributed by atoms with Gasteiger partial charge in [-0.3, -0.25) is 0 Å². The highest BCUT2D eigenvalue weighted by Gasteiger charge is 2.11. The number of halogens is 1. The first kappa shape index (κ1) is 11.6. The van der Waals surface area contributed by atoms with Gasteiger partial charge in [-0.15, -0.1) is 11.3 Å². The van der Waals surface area contributed by atoms with Gasteiger partial charge in [-0.1, -0.05) is 0 Å². The zero-order chi connectivity index (χ0) is 10.5. The van der Waals surface area contributed by atoms with Crippen LogP contribution in [0.3, 0.4) is 0 Å². The second-order valence-electron chi connectivity index (χ2n) is 4.05. The zero-order valence-electron chi connectivity index (χ0n) is 8.76. The Bertz CT molecular complexity index is 295. The summed E-state index contributed by atoms with van der Waals surface area (Å²) in [6, 6.07) is 4.30. The van der Waals surface area contributed by atoms with Crippen molar-refractivity contribution in [3.8, 4) is 0 Å². The molecule has 15 heavy (non-hydrogen) atoms. The summed E-state index contributed by atoms with van der Waals surface area (Å²) >= 11 is 5.29. The molecule has 0 spiro atoms. The monoisotopic (exact) mass is 288 g/mol. The van der Waals surface area contributed by atoms with E-state index in [0.717, 1.165) is 19.0 Å². The molecule has 0 amide bonds. The molecule has 4 heteroatoms. The number of rotatable bonds is 4. The second kappa shape index (κ2) is 5.99. The van der Waals surface area contributed by atoms with Gasteiger partial charge < -0.3 is 10.6 Å². The van der Waals surface area contributed by atoms with Gasteiger partial charge >= 0.3 is 0 Å². The molecule has 1 atom stereocenters. The average Bonchev–Trinajstić information content (AvgIpc) is 2.66. The molecule has 2 rings (SSSR count). The Morgan fingerprint density at radius 1 is 1.53 bits per heavy atom. The van der Waals surface area contributed by atoms with Crippen molar-refractivity contribution in [2.45, 2.75) is 19.4 Å². The van der Waals surface area contributed by atoms with Crippen LogP contribution in [0.25, 0.3) is 0 Å². The Morgan fingerprint density at radius 3 is 3.13 bits per heavy atom. The molecule has 2 nitrogen and oxygen atoms in total. The Morgan fingerprint density at radius 2 is 2.47 bits per heavy atom. The van der Waals surface area contributed by atoms with E-state index >= 15 is 0 Å². The summed E-state index contributed by atoms with van der Waals surface area (Å²) in [6.07, 6.45) is 2.70. The summed E-state index contributed by atoms with van der Waals surface area (Å²) in [6.45, 7) is 4.53. The van der Waals surface area contributed by atoms with Gasteiger partial charge in [0.25, 0.3) is 0 Å². The van der Waals surface area contributed by atoms with Crippen LogP contribution in [0.4, 0.5) is 0 Å². The van der Waals surface area contributed by atoms with E-state index in [9.17, 15) is 0 Å². The molecule has 2 N–H and O–H groups in total. The van der Waals surface area contributed by atoms with E-state index in [-0.39, 0.29) is 0 Å². The minimum atomic E-state index is 0.821. The third-order valence-electron chi connectivity index (χ3n) is 2.76. The standard InChI is InChI=1S/C11H17BrN2S/c12-11-4-3-10(15-11)8-14-7-9-2-1-5-13-6-9/h3-4,9,13-14H,1-2,5-8H2. The summed E-state index contributed by atoms with van der Waals surface area (Å²) in [5, 5.41) is 6.98. The lowest BCUT2D eigenvalue weighted by Crippen LogP contribution is -2.35. The number of hydrogen-bond donors (Lipinski definition) is 2. The summed E-state index contributed by atoms with van der Waals surface area (Å²) in [7, 11) is 0. The molecule has 0 bridgehead atoms. The fourth-order valence-electron chi connectivity index (χ4n) is 1.94. The van der Waals surface area contributed by atoms with E-state index in [0.29, 0.717) is 0 Å². The first-order valence-electron chi connectivity index (χ1n) is 5.50. The molecule has 1 aliphatic rings. The van der Waals surface area contributed by atoms with Crippen molar-refractivity contribution in [2.24, 2.45) is 5.92 Å². The average molecular weight is 289 g/mol. The van der Waals surface area contributed by atoms with Crippen LogP contribution in [0.5, 0.6) is 0 Å². The van der Waals surface area contributed by atoms with Crippen molar-refractivity contribution < 1.29 is 0 Å². The molecular weight excluding hydrogens is 272 g/mol. The van der Waals surface area contributed by atoms with Gasteiger partial charge in [0, 0.05) is 11.4 Å². The quantitative estimate of drug-likeness (QED) is 0.890. The lowest BCUT2D eigenvalue weighted by atomic mass is 10.00. The van der Waals surface area contributed by atoms with E-state index in [2.05, 4.69) is 38.7 Å². The van der Waals surface area contributed by atoms with Crippen LogP contribution in [-0.2, 0) is 6.54 Å². The highest BCUT2D eigenvalue weighted by atomic mass is 79.9. The lowest BCUT2D eigenvalue weighted by molar-refractivity contribution is 0.360. The van der Waals surface area contributed by atoms with E-state index in [4.69, 9.17) is 0 Å². The predicted octanol–water partition coefficient (Wildman–Crippen LogP) is 2.60. The van der Waals surface area contributed by atoms with E-state index in [1.807, 2.05) is 11.3 Å². The largest absolute Gasteiger partial charge is 0.316 e. The van der Waals surface area contributed by atoms with Crippen molar-refractivity contribution in [3.05, 3.63) is 20.8 Å². The van der Waals surface area contributed by atoms with Gasteiger partial charge in [-0.2, -0.15) is 0 Å². The minimum Gasteiger partial charge on any atom is -0.316 e. The highest BCUT2D eigenvalue weighted by molar-refractivity contribution is 9.11. The topological polar surface area (TPSA) is 24.1 Å². The number of hydrogen-bond acceptors (Lipinski definition) is 3. The second-order valence-corrected chi connectivity index (χ2v) is 6.60. The van der Waals surface area contributed by atoms with Crippen molar-refractivity contribution in [1.29, 1.82) is 0 Å². The lowest BCUT2D eigenvalue weighted by Gasteiger charge is -2.22. The molecule has 0 aliphatic carbocycles. The van der Waals surface area contributed by atoms with Crippen LogP contribution in [0.2, 0.25) is 0 Å². The van der Waals surface area contributed by atoms with Crippen LogP contribution < -0.4 is 10.6 Å². The van der Waals surface area contributed by atoms with Crippen LogP contribution >= 0.6 is 27.3 Å². The molecule has 1 unspecified atom stereocenters. The predicted molar refractivity (Wildman–Crippen MR) is 69.3 cm³/mol. The highest BCUT2D eigenvalue weighted by Crippen LogP contribution is 2.21. The maximum Gasteiger partial charge on any atom is 0.0701 e. The molecule has 0 radical (unpaired) electrons. The zero-order valence-corrected chi connectivity index (χ0v) is 11.2. The van der Waals surface area contributed by atoms with Crippen LogP contribution in [0.15, 0.2) is 15.9 Å². The van der Waals surface area contributed by atoms with Gasteiger partial charge in [-0.05, 0) is 66.5 Å². The molecule has 1 saturated heterocycles. The van der Waals surface area contributed by atoms with E-state index in [1.54, 1.807) is 0 Å². The van der Waals surface area contributed by atoms with E-state index < -0.39 is 0 Å². The molecule has 0 aromatic carbocycles. The summed E-state index contributed by atoms with van der Waals surface area (Å²) in [5.41, 5.74) is 0. The Balaban J connectivity index is 1.65. The van der Waals surface area contributed by atoms with Crippen molar-refractivity contribution in [3.63, 3.8) is 0 Å². The van der Waals surface area contributed by atoms with Crippen molar-refractivity contribution in [2.75, 3.05) is 19.6 Å². The Labute approximate surface area is 104 Å². The maximum absolute atomic E-state index is 3.53. The molecular formula is C11H17BrN2S. The van der Waals surface area contributed by atoms with Crippen molar-refractivity contribution in [1.82, 2.24) is 10.6 Å². The molecule has 1 aliphatic heterocycles. The normalized spacial score (nSPS) is 21.8. The SMILES string of the molecule is Brc1ccc(CNCC2CCCNC2)s1. The third kappa shape index (κ3) is 3.87. The first-order chi connectivity index (χ1) is 7.34. The summed E-state index contributed by atoms with van der Waals surface area (Å²) in [4.78, 5) is 1.41. The fraction of sp³-hybridized carbons (Fsp3) is 0.636.